The molecule has 2 aromatic rings. The first-order valence-corrected chi connectivity index (χ1v) is 5.67. The molecule has 1 aromatic heterocycles. The minimum atomic E-state index is -0.879. The SMILES string of the molecule is Cc1cn(CCCN)c2cccc(C(=O)O)c12. The van der Waals surface area contributed by atoms with Gasteiger partial charge in [0.1, 0.15) is 0 Å². The van der Waals surface area contributed by atoms with E-state index >= 15 is 0 Å². The van der Waals surface area contributed by atoms with E-state index in [9.17, 15) is 4.79 Å². The highest BCUT2D eigenvalue weighted by molar-refractivity contribution is 6.04. The molecule has 17 heavy (non-hydrogen) atoms. The Morgan fingerprint density at radius 2 is 2.24 bits per heavy atom. The summed E-state index contributed by atoms with van der Waals surface area (Å²) in [5.74, 6) is -0.879. The van der Waals surface area contributed by atoms with Gasteiger partial charge in [0.2, 0.25) is 0 Å². The van der Waals surface area contributed by atoms with Gasteiger partial charge in [0, 0.05) is 23.6 Å². The number of hydrogen-bond donors (Lipinski definition) is 2. The number of carbonyl (C=O) groups is 1. The molecule has 0 bridgehead atoms. The summed E-state index contributed by atoms with van der Waals surface area (Å²) >= 11 is 0. The molecule has 1 heterocycles. The first-order valence-electron chi connectivity index (χ1n) is 5.67. The van der Waals surface area contributed by atoms with E-state index in [1.165, 1.54) is 0 Å². The van der Waals surface area contributed by atoms with E-state index in [0.717, 1.165) is 29.4 Å². The van der Waals surface area contributed by atoms with Crippen LogP contribution in [0.5, 0.6) is 0 Å². The Bertz CT molecular complexity index is 558. The summed E-state index contributed by atoms with van der Waals surface area (Å²) < 4.78 is 2.07. The van der Waals surface area contributed by atoms with Gasteiger partial charge in [0.25, 0.3) is 0 Å². The number of aromatic nitrogens is 1. The Morgan fingerprint density at radius 3 is 2.88 bits per heavy atom. The van der Waals surface area contributed by atoms with Gasteiger partial charge >= 0.3 is 5.97 Å². The first-order chi connectivity index (χ1) is 8.15. The second-order valence-electron chi connectivity index (χ2n) is 4.15. The monoisotopic (exact) mass is 232 g/mol. The predicted octanol–water partition coefficient (Wildman–Crippen LogP) is 2.00. The molecule has 0 fully saturated rings. The highest BCUT2D eigenvalue weighted by atomic mass is 16.4. The standard InChI is InChI=1S/C13H16N2O2/c1-9-8-15(7-3-6-14)11-5-2-4-10(12(9)11)13(16)17/h2,4-5,8H,3,6-7,14H2,1H3,(H,16,17). The van der Waals surface area contributed by atoms with Crippen molar-refractivity contribution >= 4 is 16.9 Å². The van der Waals surface area contributed by atoms with Crippen LogP contribution in [0.25, 0.3) is 10.9 Å². The summed E-state index contributed by atoms with van der Waals surface area (Å²) in [6.45, 7) is 3.40. The maximum Gasteiger partial charge on any atom is 0.336 e. The summed E-state index contributed by atoms with van der Waals surface area (Å²) in [5, 5.41) is 9.99. The molecule has 0 radical (unpaired) electrons. The van der Waals surface area contributed by atoms with Crippen molar-refractivity contribution in [2.75, 3.05) is 6.54 Å². The third-order valence-corrected chi connectivity index (χ3v) is 2.93. The van der Waals surface area contributed by atoms with Gasteiger partial charge in [0.05, 0.1) is 5.56 Å². The van der Waals surface area contributed by atoms with Crippen molar-refractivity contribution in [1.29, 1.82) is 0 Å². The Morgan fingerprint density at radius 1 is 1.47 bits per heavy atom. The van der Waals surface area contributed by atoms with Gasteiger partial charge in [-0.15, -0.1) is 0 Å². The number of benzene rings is 1. The van der Waals surface area contributed by atoms with Crippen molar-refractivity contribution in [1.82, 2.24) is 4.57 Å². The molecule has 0 spiro atoms. The number of fused-ring (bicyclic) bond motifs is 1. The number of carboxylic acids is 1. The van der Waals surface area contributed by atoms with Crippen molar-refractivity contribution in [3.8, 4) is 0 Å². The molecule has 0 amide bonds. The second-order valence-corrected chi connectivity index (χ2v) is 4.15. The molecule has 0 saturated carbocycles. The highest BCUT2D eigenvalue weighted by Gasteiger charge is 2.13. The Labute approximate surface area is 99.7 Å². The average Bonchev–Trinajstić information content (AvgIpc) is 2.64. The molecule has 90 valence electrons. The van der Waals surface area contributed by atoms with Gasteiger partial charge in [-0.3, -0.25) is 0 Å². The third-order valence-electron chi connectivity index (χ3n) is 2.93. The van der Waals surface area contributed by atoms with Crippen LogP contribution in [0.4, 0.5) is 0 Å². The molecule has 3 N–H and O–H groups in total. The van der Waals surface area contributed by atoms with Crippen LogP contribution in [0.15, 0.2) is 24.4 Å². The normalized spacial score (nSPS) is 10.9. The van der Waals surface area contributed by atoms with Gasteiger partial charge in [-0.25, -0.2) is 4.79 Å². The van der Waals surface area contributed by atoms with E-state index < -0.39 is 5.97 Å². The second kappa shape index (κ2) is 4.59. The fraction of sp³-hybridized carbons (Fsp3) is 0.308. The molecule has 2 rings (SSSR count). The predicted molar refractivity (Wildman–Crippen MR) is 67.3 cm³/mol. The zero-order valence-electron chi connectivity index (χ0n) is 9.81. The number of aromatic carboxylic acids is 1. The summed E-state index contributed by atoms with van der Waals surface area (Å²) in [6, 6.07) is 5.38. The topological polar surface area (TPSA) is 68.2 Å². The van der Waals surface area contributed by atoms with E-state index in [4.69, 9.17) is 10.8 Å². The molecular formula is C13H16N2O2. The van der Waals surface area contributed by atoms with Crippen LogP contribution in [0, 0.1) is 6.92 Å². The lowest BCUT2D eigenvalue weighted by atomic mass is 10.1. The van der Waals surface area contributed by atoms with Crippen LogP contribution in [-0.2, 0) is 6.54 Å². The number of carboxylic acid groups (broad SMARTS) is 1. The first kappa shape index (κ1) is 11.7. The van der Waals surface area contributed by atoms with Gasteiger partial charge in [-0.05, 0) is 37.6 Å². The lowest BCUT2D eigenvalue weighted by Gasteiger charge is -2.04. The van der Waals surface area contributed by atoms with E-state index in [2.05, 4.69) is 4.57 Å². The van der Waals surface area contributed by atoms with E-state index in [1.807, 2.05) is 19.2 Å². The van der Waals surface area contributed by atoms with E-state index in [0.29, 0.717) is 12.1 Å². The van der Waals surface area contributed by atoms with Crippen molar-refractivity contribution < 1.29 is 9.90 Å². The summed E-state index contributed by atoms with van der Waals surface area (Å²) in [7, 11) is 0. The summed E-state index contributed by atoms with van der Waals surface area (Å²) in [5.41, 5.74) is 7.83. The number of nitrogens with zero attached hydrogens (tertiary/aromatic N) is 1. The maximum absolute atomic E-state index is 11.2. The van der Waals surface area contributed by atoms with Crippen LogP contribution in [0.1, 0.15) is 22.3 Å². The van der Waals surface area contributed by atoms with Gasteiger partial charge in [-0.2, -0.15) is 0 Å². The Balaban J connectivity index is 2.60. The van der Waals surface area contributed by atoms with Crippen LogP contribution in [0.3, 0.4) is 0 Å². The molecule has 0 aliphatic rings. The van der Waals surface area contributed by atoms with Gasteiger partial charge in [0.15, 0.2) is 0 Å². The molecule has 0 aliphatic heterocycles. The van der Waals surface area contributed by atoms with Crippen molar-refractivity contribution in [3.05, 3.63) is 35.5 Å². The molecule has 0 atom stereocenters. The number of aryl methyl sites for hydroxylation is 2. The number of hydrogen-bond acceptors (Lipinski definition) is 2. The smallest absolute Gasteiger partial charge is 0.336 e. The molecule has 4 nitrogen and oxygen atoms in total. The molecule has 4 heteroatoms. The van der Waals surface area contributed by atoms with Crippen LogP contribution in [-0.4, -0.2) is 22.2 Å². The fourth-order valence-electron chi connectivity index (χ4n) is 2.19. The molecular weight excluding hydrogens is 216 g/mol. The maximum atomic E-state index is 11.2. The van der Waals surface area contributed by atoms with Gasteiger partial charge in [-0.1, -0.05) is 6.07 Å². The minimum Gasteiger partial charge on any atom is -0.478 e. The zero-order chi connectivity index (χ0) is 12.4. The Kier molecular flexibility index (Phi) is 3.15. The molecule has 0 saturated heterocycles. The molecule has 1 aromatic carbocycles. The minimum absolute atomic E-state index is 0.367. The highest BCUT2D eigenvalue weighted by Crippen LogP contribution is 2.25. The van der Waals surface area contributed by atoms with Crippen LogP contribution >= 0.6 is 0 Å². The van der Waals surface area contributed by atoms with Crippen LogP contribution in [0.2, 0.25) is 0 Å². The summed E-state index contributed by atoms with van der Waals surface area (Å²) in [6.07, 6.45) is 2.88. The summed E-state index contributed by atoms with van der Waals surface area (Å²) in [4.78, 5) is 11.2. The quantitative estimate of drug-likeness (QED) is 0.847. The van der Waals surface area contributed by atoms with Crippen LogP contribution < -0.4 is 5.73 Å². The average molecular weight is 232 g/mol. The fourth-order valence-corrected chi connectivity index (χ4v) is 2.19. The molecule has 0 aliphatic carbocycles. The van der Waals surface area contributed by atoms with E-state index in [1.54, 1.807) is 12.1 Å². The van der Waals surface area contributed by atoms with Gasteiger partial charge < -0.3 is 15.4 Å². The zero-order valence-corrected chi connectivity index (χ0v) is 9.81. The van der Waals surface area contributed by atoms with Crippen molar-refractivity contribution in [2.24, 2.45) is 5.73 Å². The number of nitrogens with two attached hydrogens (primary N) is 1. The molecule has 0 unspecified atom stereocenters. The van der Waals surface area contributed by atoms with Crippen molar-refractivity contribution in [2.45, 2.75) is 19.9 Å². The van der Waals surface area contributed by atoms with E-state index in [-0.39, 0.29) is 0 Å². The lowest BCUT2D eigenvalue weighted by Crippen LogP contribution is -2.05. The lowest BCUT2D eigenvalue weighted by molar-refractivity contribution is 0.0699. The van der Waals surface area contributed by atoms with Crippen molar-refractivity contribution in [3.63, 3.8) is 0 Å². The number of rotatable bonds is 4. The largest absolute Gasteiger partial charge is 0.478 e. The Hall–Kier alpha value is -1.81. The third kappa shape index (κ3) is 2.03.